The van der Waals surface area contributed by atoms with Crippen molar-refractivity contribution >= 4 is 23.3 Å². The Kier molecular flexibility index (Phi) is 5.85. The minimum atomic E-state index is -0.201. The number of hydrogen-bond acceptors (Lipinski definition) is 5. The first-order chi connectivity index (χ1) is 14.0. The average Bonchev–Trinajstić information content (AvgIpc) is 3.31. The maximum absolute atomic E-state index is 12.8. The predicted octanol–water partition coefficient (Wildman–Crippen LogP) is 3.88. The number of aromatic nitrogens is 1. The molecule has 29 heavy (non-hydrogen) atoms. The highest BCUT2D eigenvalue weighted by Gasteiger charge is 2.37. The smallest absolute Gasteiger partial charge is 0.410 e. The molecule has 3 heterocycles. The van der Waals surface area contributed by atoms with Crippen molar-refractivity contribution in [3.05, 3.63) is 40.9 Å². The second-order valence-corrected chi connectivity index (χ2v) is 8.95. The standard InChI is InChI=1S/C22H27N3O3S/c1-3-18-14-25(22(27)28-18)17-9-11-24(12-10-17)20(26)13-19-15(2)29-21(23-19)16-7-5-4-6-8-16/h4-8,17-18H,3,9-14H2,1-2H3. The number of ether oxygens (including phenoxy) is 1. The van der Waals surface area contributed by atoms with Crippen LogP contribution in [0.5, 0.6) is 0 Å². The molecule has 1 unspecified atom stereocenters. The van der Waals surface area contributed by atoms with E-state index in [1.54, 1.807) is 11.3 Å². The summed E-state index contributed by atoms with van der Waals surface area (Å²) in [7, 11) is 0. The molecule has 2 fully saturated rings. The summed E-state index contributed by atoms with van der Waals surface area (Å²) in [6, 6.07) is 10.2. The van der Waals surface area contributed by atoms with Gasteiger partial charge in [0.2, 0.25) is 5.91 Å². The number of piperidine rings is 1. The second-order valence-electron chi connectivity index (χ2n) is 7.74. The minimum Gasteiger partial charge on any atom is -0.444 e. The zero-order valence-corrected chi connectivity index (χ0v) is 17.8. The third-order valence-corrected chi connectivity index (χ3v) is 6.91. The second kappa shape index (κ2) is 8.53. The quantitative estimate of drug-likeness (QED) is 0.746. The zero-order chi connectivity index (χ0) is 20.4. The Morgan fingerprint density at radius 2 is 1.97 bits per heavy atom. The summed E-state index contributed by atoms with van der Waals surface area (Å²) in [5.74, 6) is 0.117. The fraction of sp³-hybridized carbons (Fsp3) is 0.500. The topological polar surface area (TPSA) is 62.7 Å². The van der Waals surface area contributed by atoms with Crippen molar-refractivity contribution in [3.63, 3.8) is 0 Å². The van der Waals surface area contributed by atoms with Crippen LogP contribution >= 0.6 is 11.3 Å². The number of carbonyl (C=O) groups is 2. The number of aryl methyl sites for hydroxylation is 1. The van der Waals surface area contributed by atoms with Crippen LogP contribution in [0.15, 0.2) is 30.3 Å². The van der Waals surface area contributed by atoms with Gasteiger partial charge in [-0.05, 0) is 26.2 Å². The molecule has 2 aliphatic rings. The lowest BCUT2D eigenvalue weighted by molar-refractivity contribution is -0.131. The monoisotopic (exact) mass is 413 g/mol. The lowest BCUT2D eigenvalue weighted by atomic mass is 10.0. The van der Waals surface area contributed by atoms with E-state index in [4.69, 9.17) is 9.72 Å². The number of likely N-dealkylation sites (tertiary alicyclic amines) is 1. The summed E-state index contributed by atoms with van der Waals surface area (Å²) in [6.07, 6.45) is 2.61. The van der Waals surface area contributed by atoms with Gasteiger partial charge in [0.25, 0.3) is 0 Å². The fourth-order valence-corrected chi connectivity index (χ4v) is 4.97. The number of rotatable bonds is 5. The van der Waals surface area contributed by atoms with E-state index >= 15 is 0 Å². The Morgan fingerprint density at radius 1 is 1.24 bits per heavy atom. The number of hydrogen-bond donors (Lipinski definition) is 0. The van der Waals surface area contributed by atoms with Crippen LogP contribution in [0.3, 0.4) is 0 Å². The first kappa shape index (κ1) is 19.9. The molecule has 1 atom stereocenters. The van der Waals surface area contributed by atoms with Crippen LogP contribution in [0.25, 0.3) is 10.6 Å². The van der Waals surface area contributed by atoms with E-state index in [-0.39, 0.29) is 24.1 Å². The summed E-state index contributed by atoms with van der Waals surface area (Å²) in [6.45, 7) is 6.10. The summed E-state index contributed by atoms with van der Waals surface area (Å²) >= 11 is 1.64. The van der Waals surface area contributed by atoms with Crippen LogP contribution in [-0.4, -0.2) is 58.6 Å². The van der Waals surface area contributed by atoms with Gasteiger partial charge in [0.05, 0.1) is 18.7 Å². The van der Waals surface area contributed by atoms with Gasteiger partial charge in [-0.25, -0.2) is 9.78 Å². The van der Waals surface area contributed by atoms with Gasteiger partial charge in [-0.1, -0.05) is 37.3 Å². The van der Waals surface area contributed by atoms with Crippen molar-refractivity contribution in [1.29, 1.82) is 0 Å². The lowest BCUT2D eigenvalue weighted by Crippen LogP contribution is -2.47. The van der Waals surface area contributed by atoms with Crippen molar-refractivity contribution in [2.24, 2.45) is 0 Å². The molecule has 0 aliphatic carbocycles. The number of cyclic esters (lactones) is 1. The third-order valence-electron chi connectivity index (χ3n) is 5.85. The van der Waals surface area contributed by atoms with Gasteiger partial charge in [-0.2, -0.15) is 0 Å². The summed E-state index contributed by atoms with van der Waals surface area (Å²) in [4.78, 5) is 34.5. The summed E-state index contributed by atoms with van der Waals surface area (Å²) in [5.41, 5.74) is 1.96. The van der Waals surface area contributed by atoms with E-state index in [1.165, 1.54) is 0 Å². The molecule has 7 heteroatoms. The van der Waals surface area contributed by atoms with Gasteiger partial charge in [0, 0.05) is 29.6 Å². The van der Waals surface area contributed by atoms with Crippen molar-refractivity contribution in [2.45, 2.75) is 51.7 Å². The molecule has 0 radical (unpaired) electrons. The maximum Gasteiger partial charge on any atom is 0.410 e. The largest absolute Gasteiger partial charge is 0.444 e. The van der Waals surface area contributed by atoms with Crippen LogP contribution < -0.4 is 0 Å². The highest BCUT2D eigenvalue weighted by molar-refractivity contribution is 7.15. The Hall–Kier alpha value is -2.41. The van der Waals surface area contributed by atoms with Crippen LogP contribution in [0, 0.1) is 6.92 Å². The van der Waals surface area contributed by atoms with E-state index in [1.807, 2.05) is 54.0 Å². The normalized spacial score (nSPS) is 20.2. The molecule has 2 aromatic rings. The first-order valence-electron chi connectivity index (χ1n) is 10.3. The number of carbonyl (C=O) groups excluding carboxylic acids is 2. The van der Waals surface area contributed by atoms with Gasteiger partial charge in [-0.15, -0.1) is 11.3 Å². The Labute approximate surface area is 175 Å². The van der Waals surface area contributed by atoms with Crippen molar-refractivity contribution in [1.82, 2.24) is 14.8 Å². The third kappa shape index (κ3) is 4.29. The fourth-order valence-electron chi connectivity index (χ4n) is 4.03. The van der Waals surface area contributed by atoms with E-state index in [9.17, 15) is 9.59 Å². The van der Waals surface area contributed by atoms with Gasteiger partial charge in [-0.3, -0.25) is 4.79 Å². The Bertz CT molecular complexity index is 875. The molecule has 6 nitrogen and oxygen atoms in total. The van der Waals surface area contributed by atoms with E-state index < -0.39 is 0 Å². The molecule has 4 rings (SSSR count). The average molecular weight is 414 g/mol. The molecule has 1 aromatic carbocycles. The Morgan fingerprint density at radius 3 is 2.62 bits per heavy atom. The minimum absolute atomic E-state index is 0.00797. The molecule has 2 amide bonds. The molecule has 1 aromatic heterocycles. The molecule has 0 saturated carbocycles. The molecule has 2 saturated heterocycles. The SMILES string of the molecule is CCC1CN(C2CCN(C(=O)Cc3nc(-c4ccccc4)sc3C)CC2)C(=O)O1. The molecule has 0 N–H and O–H groups in total. The van der Waals surface area contributed by atoms with Crippen molar-refractivity contribution in [2.75, 3.05) is 19.6 Å². The van der Waals surface area contributed by atoms with Gasteiger partial charge in [0.1, 0.15) is 11.1 Å². The maximum atomic E-state index is 12.8. The molecule has 2 aliphatic heterocycles. The number of nitrogens with zero attached hydrogens (tertiary/aromatic N) is 3. The van der Waals surface area contributed by atoms with Crippen LogP contribution in [0.1, 0.15) is 36.8 Å². The number of benzene rings is 1. The first-order valence-corrected chi connectivity index (χ1v) is 11.1. The molecule has 154 valence electrons. The van der Waals surface area contributed by atoms with Crippen molar-refractivity contribution < 1.29 is 14.3 Å². The highest BCUT2D eigenvalue weighted by Crippen LogP contribution is 2.28. The summed E-state index contributed by atoms with van der Waals surface area (Å²) < 4.78 is 5.38. The van der Waals surface area contributed by atoms with Crippen LogP contribution in [-0.2, 0) is 16.0 Å². The Balaban J connectivity index is 1.34. The number of thiazole rings is 1. The van der Waals surface area contributed by atoms with Crippen molar-refractivity contribution in [3.8, 4) is 10.6 Å². The number of amides is 2. The predicted molar refractivity (Wildman–Crippen MR) is 113 cm³/mol. The molecule has 0 bridgehead atoms. The highest BCUT2D eigenvalue weighted by atomic mass is 32.1. The molecule has 0 spiro atoms. The van der Waals surface area contributed by atoms with Crippen LogP contribution in [0.4, 0.5) is 4.79 Å². The van der Waals surface area contributed by atoms with Crippen LogP contribution in [0.2, 0.25) is 0 Å². The van der Waals surface area contributed by atoms with Gasteiger partial charge in [0.15, 0.2) is 0 Å². The lowest BCUT2D eigenvalue weighted by Gasteiger charge is -2.35. The van der Waals surface area contributed by atoms with Gasteiger partial charge >= 0.3 is 6.09 Å². The van der Waals surface area contributed by atoms with E-state index in [2.05, 4.69) is 0 Å². The van der Waals surface area contributed by atoms with E-state index in [0.717, 1.165) is 40.4 Å². The van der Waals surface area contributed by atoms with Gasteiger partial charge < -0.3 is 14.5 Å². The molecular weight excluding hydrogens is 386 g/mol. The molecular formula is C22H27N3O3S. The summed E-state index contributed by atoms with van der Waals surface area (Å²) in [5, 5.41) is 0.961. The zero-order valence-electron chi connectivity index (χ0n) is 17.0. The van der Waals surface area contributed by atoms with E-state index in [0.29, 0.717) is 26.1 Å².